The minimum absolute atomic E-state index is 1.09. The average molecular weight is 263 g/mol. The first-order valence-electron chi connectivity index (χ1n) is 4.89. The minimum Gasteiger partial charge on any atom is -0.0984 e. The van der Waals surface area contributed by atoms with Crippen molar-refractivity contribution in [2.75, 3.05) is 0 Å². The standard InChI is InChI=1S/C14H15Br/c1-5-10-9-11(6-2)13(8-4)14(15)12(10)7-3/h5-9H,1,3H2,2,4H3/b11-6-,13-8+. The Kier molecular flexibility index (Phi) is 4.10. The van der Waals surface area contributed by atoms with Gasteiger partial charge in [-0.25, -0.2) is 0 Å². The molecule has 1 rings (SSSR count). The molecule has 0 saturated carbocycles. The van der Waals surface area contributed by atoms with E-state index in [0.29, 0.717) is 0 Å². The summed E-state index contributed by atoms with van der Waals surface area (Å²) >= 11 is 3.61. The summed E-state index contributed by atoms with van der Waals surface area (Å²) in [5.41, 5.74) is 2.21. The molecule has 0 bridgehead atoms. The number of hydrogen-bond acceptors (Lipinski definition) is 0. The van der Waals surface area contributed by atoms with Crippen molar-refractivity contribution in [2.45, 2.75) is 13.8 Å². The molecule has 1 aromatic carbocycles. The number of rotatable bonds is 2. The lowest BCUT2D eigenvalue weighted by Gasteiger charge is -2.06. The molecule has 78 valence electrons. The second-order valence-electron chi connectivity index (χ2n) is 3.18. The highest BCUT2D eigenvalue weighted by Crippen LogP contribution is 2.17. The first-order valence-corrected chi connectivity index (χ1v) is 5.69. The van der Waals surface area contributed by atoms with Crippen LogP contribution in [0.2, 0.25) is 0 Å². The quantitative estimate of drug-likeness (QED) is 0.767. The summed E-state index contributed by atoms with van der Waals surface area (Å²) in [5.74, 6) is 0. The van der Waals surface area contributed by atoms with E-state index in [1.165, 1.54) is 10.4 Å². The van der Waals surface area contributed by atoms with Gasteiger partial charge in [-0.3, -0.25) is 0 Å². The number of halogens is 1. The first-order chi connectivity index (χ1) is 7.19. The molecule has 0 amide bonds. The molecule has 1 aromatic rings. The second-order valence-corrected chi connectivity index (χ2v) is 3.97. The van der Waals surface area contributed by atoms with Gasteiger partial charge in [0.05, 0.1) is 0 Å². The summed E-state index contributed by atoms with van der Waals surface area (Å²) in [7, 11) is 0. The van der Waals surface area contributed by atoms with E-state index in [0.717, 1.165) is 15.6 Å². The van der Waals surface area contributed by atoms with Gasteiger partial charge in [0.15, 0.2) is 0 Å². The van der Waals surface area contributed by atoms with Crippen LogP contribution in [-0.2, 0) is 0 Å². The molecule has 0 fully saturated rings. The third-order valence-electron chi connectivity index (χ3n) is 2.43. The van der Waals surface area contributed by atoms with Crippen LogP contribution in [0.1, 0.15) is 25.0 Å². The number of hydrogen-bond donors (Lipinski definition) is 0. The Hall–Kier alpha value is -1.08. The largest absolute Gasteiger partial charge is 0.0984 e. The van der Waals surface area contributed by atoms with Crippen molar-refractivity contribution in [3.8, 4) is 0 Å². The number of benzene rings is 1. The van der Waals surface area contributed by atoms with Gasteiger partial charge in [-0.05, 0) is 57.4 Å². The van der Waals surface area contributed by atoms with Crippen LogP contribution in [0.15, 0.2) is 23.7 Å². The van der Waals surface area contributed by atoms with E-state index in [4.69, 9.17) is 0 Å². The maximum absolute atomic E-state index is 3.83. The van der Waals surface area contributed by atoms with Crippen molar-refractivity contribution in [2.24, 2.45) is 0 Å². The van der Waals surface area contributed by atoms with Gasteiger partial charge in [0, 0.05) is 4.47 Å². The van der Waals surface area contributed by atoms with E-state index in [9.17, 15) is 0 Å². The Labute approximate surface area is 99.5 Å². The Bertz CT molecular complexity index is 507. The molecule has 0 aliphatic heterocycles. The van der Waals surface area contributed by atoms with Crippen LogP contribution in [0.4, 0.5) is 0 Å². The highest BCUT2D eigenvalue weighted by Gasteiger charge is 2.03. The summed E-state index contributed by atoms with van der Waals surface area (Å²) in [6.07, 6.45) is 7.90. The zero-order valence-corrected chi connectivity index (χ0v) is 10.8. The Morgan fingerprint density at radius 3 is 2.20 bits per heavy atom. The van der Waals surface area contributed by atoms with Gasteiger partial charge in [-0.1, -0.05) is 37.5 Å². The molecule has 0 radical (unpaired) electrons. The molecular formula is C14H15Br. The molecule has 15 heavy (non-hydrogen) atoms. The van der Waals surface area contributed by atoms with E-state index in [1.54, 1.807) is 0 Å². The maximum Gasteiger partial charge on any atom is 0.0328 e. The van der Waals surface area contributed by atoms with Gasteiger partial charge in [0.25, 0.3) is 0 Å². The topological polar surface area (TPSA) is 0 Å². The summed E-state index contributed by atoms with van der Waals surface area (Å²) < 4.78 is 1.09. The van der Waals surface area contributed by atoms with Crippen LogP contribution in [0.5, 0.6) is 0 Å². The molecule has 0 atom stereocenters. The fourth-order valence-corrected chi connectivity index (χ4v) is 2.48. The van der Waals surface area contributed by atoms with Crippen molar-refractivity contribution < 1.29 is 0 Å². The van der Waals surface area contributed by atoms with Gasteiger partial charge in [0.1, 0.15) is 0 Å². The van der Waals surface area contributed by atoms with Crippen LogP contribution >= 0.6 is 15.9 Å². The summed E-state index contributed by atoms with van der Waals surface area (Å²) in [4.78, 5) is 0. The molecule has 0 unspecified atom stereocenters. The van der Waals surface area contributed by atoms with Gasteiger partial charge < -0.3 is 0 Å². The van der Waals surface area contributed by atoms with Gasteiger partial charge in [-0.15, -0.1) is 0 Å². The van der Waals surface area contributed by atoms with Gasteiger partial charge in [-0.2, -0.15) is 0 Å². The molecular weight excluding hydrogens is 248 g/mol. The van der Waals surface area contributed by atoms with E-state index >= 15 is 0 Å². The van der Waals surface area contributed by atoms with E-state index < -0.39 is 0 Å². The van der Waals surface area contributed by atoms with Crippen LogP contribution in [0.3, 0.4) is 0 Å². The highest BCUT2D eigenvalue weighted by molar-refractivity contribution is 9.10. The third kappa shape index (κ3) is 2.13. The lowest BCUT2D eigenvalue weighted by atomic mass is 10.0. The fraction of sp³-hybridized carbons (Fsp3) is 0.143. The lowest BCUT2D eigenvalue weighted by Crippen LogP contribution is -2.26. The minimum atomic E-state index is 1.09. The van der Waals surface area contributed by atoms with Crippen molar-refractivity contribution >= 4 is 40.2 Å². The monoisotopic (exact) mass is 262 g/mol. The molecule has 1 heteroatoms. The van der Waals surface area contributed by atoms with E-state index in [1.807, 2.05) is 26.0 Å². The molecule has 0 aliphatic rings. The smallest absolute Gasteiger partial charge is 0.0328 e. The van der Waals surface area contributed by atoms with Crippen molar-refractivity contribution in [1.82, 2.24) is 0 Å². The van der Waals surface area contributed by atoms with Crippen LogP contribution in [-0.4, -0.2) is 0 Å². The second kappa shape index (κ2) is 5.13. The van der Waals surface area contributed by atoms with Crippen molar-refractivity contribution in [1.29, 1.82) is 0 Å². The summed E-state index contributed by atoms with van der Waals surface area (Å²) in [6, 6.07) is 2.13. The van der Waals surface area contributed by atoms with Crippen molar-refractivity contribution in [3.05, 3.63) is 45.3 Å². The fourth-order valence-electron chi connectivity index (χ4n) is 1.63. The lowest BCUT2D eigenvalue weighted by molar-refractivity contribution is 1.42. The molecule has 0 saturated heterocycles. The first kappa shape index (κ1) is 12.0. The summed E-state index contributed by atoms with van der Waals surface area (Å²) in [6.45, 7) is 11.7. The Balaban J connectivity index is 3.89. The molecule has 0 N–H and O–H groups in total. The zero-order valence-electron chi connectivity index (χ0n) is 9.18. The normalized spacial score (nSPS) is 13.0. The highest BCUT2D eigenvalue weighted by atomic mass is 79.9. The predicted octanol–water partition coefficient (Wildman–Crippen LogP) is 3.34. The predicted molar refractivity (Wildman–Crippen MR) is 73.9 cm³/mol. The SMILES string of the molecule is C=Cc1cc(=C/C)/c(=C\C)c(Br)c1C=C. The Morgan fingerprint density at radius 2 is 1.80 bits per heavy atom. The Morgan fingerprint density at radius 1 is 1.13 bits per heavy atom. The molecule has 0 heterocycles. The molecule has 0 aromatic heterocycles. The van der Waals surface area contributed by atoms with Crippen molar-refractivity contribution in [3.63, 3.8) is 0 Å². The van der Waals surface area contributed by atoms with Crippen LogP contribution < -0.4 is 10.4 Å². The molecule has 0 nitrogen and oxygen atoms in total. The zero-order chi connectivity index (χ0) is 11.4. The molecule has 0 aliphatic carbocycles. The third-order valence-corrected chi connectivity index (χ3v) is 3.28. The summed E-state index contributed by atoms with van der Waals surface area (Å²) in [5, 5.41) is 2.42. The van der Waals surface area contributed by atoms with E-state index in [-0.39, 0.29) is 0 Å². The van der Waals surface area contributed by atoms with Gasteiger partial charge >= 0.3 is 0 Å². The van der Waals surface area contributed by atoms with Gasteiger partial charge in [0.2, 0.25) is 0 Å². The van der Waals surface area contributed by atoms with Crippen LogP contribution in [0.25, 0.3) is 24.3 Å². The average Bonchev–Trinajstić information content (AvgIpc) is 2.27. The maximum atomic E-state index is 3.83. The van der Waals surface area contributed by atoms with Crippen LogP contribution in [0, 0.1) is 0 Å². The molecule has 0 spiro atoms. The van der Waals surface area contributed by atoms with E-state index in [2.05, 4.69) is 47.3 Å².